The number of alkyl halides is 1. The maximum absolute atomic E-state index is 12.0. The van der Waals surface area contributed by atoms with Crippen LogP contribution in [0.1, 0.15) is 31.2 Å². The molecule has 2 unspecified atom stereocenters. The summed E-state index contributed by atoms with van der Waals surface area (Å²) < 4.78 is 5.54. The van der Waals surface area contributed by atoms with Gasteiger partial charge in [-0.1, -0.05) is 46.3 Å². The number of ether oxygens (including phenoxy) is 1. The molecule has 4 heteroatoms. The molecule has 0 aromatic heterocycles. The summed E-state index contributed by atoms with van der Waals surface area (Å²) in [5, 5.41) is 3.87. The molecule has 1 heterocycles. The molecule has 1 aromatic carbocycles. The molecule has 0 radical (unpaired) electrons. The second-order valence-electron chi connectivity index (χ2n) is 5.28. The lowest BCUT2D eigenvalue weighted by atomic mass is 10.1. The summed E-state index contributed by atoms with van der Waals surface area (Å²) in [6.07, 6.45) is 4.77. The molecule has 2 rings (SSSR count). The van der Waals surface area contributed by atoms with Gasteiger partial charge in [0, 0.05) is 24.4 Å². The fourth-order valence-corrected chi connectivity index (χ4v) is 2.90. The Bertz CT molecular complexity index is 404. The van der Waals surface area contributed by atoms with E-state index in [1.165, 1.54) is 5.56 Å². The van der Waals surface area contributed by atoms with Gasteiger partial charge in [0.2, 0.25) is 5.91 Å². The predicted octanol–water partition coefficient (Wildman–Crippen LogP) is 3.07. The minimum atomic E-state index is 0.126. The van der Waals surface area contributed by atoms with Gasteiger partial charge in [-0.15, -0.1) is 0 Å². The van der Waals surface area contributed by atoms with Crippen LogP contribution in [0.25, 0.3) is 0 Å². The number of hydrogen-bond acceptors (Lipinski definition) is 2. The molecule has 1 aromatic rings. The predicted molar refractivity (Wildman–Crippen MR) is 84.1 cm³/mol. The van der Waals surface area contributed by atoms with Crippen molar-refractivity contribution in [2.45, 2.75) is 44.2 Å². The van der Waals surface area contributed by atoms with Gasteiger partial charge in [0.15, 0.2) is 0 Å². The molecule has 110 valence electrons. The smallest absolute Gasteiger partial charge is 0.220 e. The third-order valence-electron chi connectivity index (χ3n) is 3.59. The lowest BCUT2D eigenvalue weighted by Gasteiger charge is -2.17. The number of hydrogen-bond donors (Lipinski definition) is 1. The molecule has 1 aliphatic heterocycles. The van der Waals surface area contributed by atoms with E-state index in [4.69, 9.17) is 4.74 Å². The molecule has 1 amide bonds. The van der Waals surface area contributed by atoms with Crippen LogP contribution in [0.4, 0.5) is 0 Å². The average molecular weight is 340 g/mol. The van der Waals surface area contributed by atoms with Crippen LogP contribution in [0.2, 0.25) is 0 Å². The maximum Gasteiger partial charge on any atom is 0.220 e. The van der Waals surface area contributed by atoms with Gasteiger partial charge >= 0.3 is 0 Å². The highest BCUT2D eigenvalue weighted by atomic mass is 79.9. The highest BCUT2D eigenvalue weighted by Gasteiger charge is 2.18. The van der Waals surface area contributed by atoms with Crippen LogP contribution in [0.3, 0.4) is 0 Å². The summed E-state index contributed by atoms with van der Waals surface area (Å²) in [5.41, 5.74) is 1.25. The number of halogens is 1. The maximum atomic E-state index is 12.0. The van der Waals surface area contributed by atoms with E-state index in [-0.39, 0.29) is 18.1 Å². The quantitative estimate of drug-likeness (QED) is 0.775. The molecule has 1 saturated heterocycles. The minimum absolute atomic E-state index is 0.126. The summed E-state index contributed by atoms with van der Waals surface area (Å²) in [6.45, 7) is 0.852. The fourth-order valence-electron chi connectivity index (χ4n) is 2.51. The number of carbonyl (C=O) groups excluding carboxylic acids is 1. The van der Waals surface area contributed by atoms with Crippen molar-refractivity contribution in [2.24, 2.45) is 0 Å². The van der Waals surface area contributed by atoms with Crippen molar-refractivity contribution in [2.75, 3.05) is 11.9 Å². The number of benzene rings is 1. The number of nitrogens with one attached hydrogen (secondary N) is 1. The molecule has 0 spiro atoms. The monoisotopic (exact) mass is 339 g/mol. The Morgan fingerprint density at radius 3 is 2.85 bits per heavy atom. The van der Waals surface area contributed by atoms with E-state index < -0.39 is 0 Å². The van der Waals surface area contributed by atoms with Crippen molar-refractivity contribution in [3.8, 4) is 0 Å². The number of amides is 1. The van der Waals surface area contributed by atoms with Crippen molar-refractivity contribution >= 4 is 21.8 Å². The molecule has 1 fully saturated rings. The minimum Gasteiger partial charge on any atom is -0.378 e. The first-order valence-electron chi connectivity index (χ1n) is 7.29. The van der Waals surface area contributed by atoms with Gasteiger partial charge in [-0.05, 0) is 31.2 Å². The molecule has 20 heavy (non-hydrogen) atoms. The van der Waals surface area contributed by atoms with Crippen molar-refractivity contribution < 1.29 is 9.53 Å². The van der Waals surface area contributed by atoms with E-state index in [1.807, 2.05) is 18.2 Å². The topological polar surface area (TPSA) is 38.3 Å². The highest BCUT2D eigenvalue weighted by molar-refractivity contribution is 9.09. The first kappa shape index (κ1) is 15.5. The molecule has 0 saturated carbocycles. The summed E-state index contributed by atoms with van der Waals surface area (Å²) in [5.74, 6) is 0.126. The number of rotatable bonds is 7. The molecule has 1 N–H and O–H groups in total. The van der Waals surface area contributed by atoms with Crippen molar-refractivity contribution in [1.82, 2.24) is 5.32 Å². The van der Waals surface area contributed by atoms with Crippen LogP contribution in [-0.4, -0.2) is 30.0 Å². The summed E-state index contributed by atoms with van der Waals surface area (Å²) in [7, 11) is 0. The van der Waals surface area contributed by atoms with Gasteiger partial charge in [0.05, 0.1) is 6.10 Å². The van der Waals surface area contributed by atoms with Crippen LogP contribution < -0.4 is 5.32 Å². The Morgan fingerprint density at radius 1 is 1.40 bits per heavy atom. The van der Waals surface area contributed by atoms with Gasteiger partial charge in [0.1, 0.15) is 0 Å². The van der Waals surface area contributed by atoms with Gasteiger partial charge < -0.3 is 10.1 Å². The van der Waals surface area contributed by atoms with Gasteiger partial charge in [-0.25, -0.2) is 0 Å². The van der Waals surface area contributed by atoms with Gasteiger partial charge in [-0.2, -0.15) is 0 Å². The van der Waals surface area contributed by atoms with Crippen LogP contribution in [0, 0.1) is 0 Å². The van der Waals surface area contributed by atoms with Crippen molar-refractivity contribution in [3.63, 3.8) is 0 Å². The fraction of sp³-hybridized carbons (Fsp3) is 0.562. The van der Waals surface area contributed by atoms with E-state index in [0.29, 0.717) is 6.42 Å². The lowest BCUT2D eigenvalue weighted by molar-refractivity contribution is -0.122. The second-order valence-corrected chi connectivity index (χ2v) is 5.93. The third kappa shape index (κ3) is 5.25. The standard InChI is InChI=1S/C16H22BrNO2/c17-12-14(11-13-5-2-1-3-6-13)18-16(19)9-8-15-7-4-10-20-15/h1-3,5-6,14-15H,4,7-12H2,(H,18,19). The summed E-state index contributed by atoms with van der Waals surface area (Å²) in [6, 6.07) is 10.4. The zero-order valence-electron chi connectivity index (χ0n) is 11.7. The van der Waals surface area contributed by atoms with Crippen molar-refractivity contribution in [3.05, 3.63) is 35.9 Å². The molecule has 2 atom stereocenters. The molecular weight excluding hydrogens is 318 g/mol. The van der Waals surface area contributed by atoms with E-state index >= 15 is 0 Å². The Hall–Kier alpha value is -0.870. The van der Waals surface area contributed by atoms with E-state index in [2.05, 4.69) is 33.4 Å². The van der Waals surface area contributed by atoms with Crippen molar-refractivity contribution in [1.29, 1.82) is 0 Å². The molecule has 0 bridgehead atoms. The van der Waals surface area contributed by atoms with Gasteiger partial charge in [0.25, 0.3) is 0 Å². The lowest BCUT2D eigenvalue weighted by Crippen LogP contribution is -2.37. The Kier molecular flexibility index (Phi) is 6.54. The van der Waals surface area contributed by atoms with Gasteiger partial charge in [-0.3, -0.25) is 4.79 Å². The highest BCUT2D eigenvalue weighted by Crippen LogP contribution is 2.16. The van der Waals surface area contributed by atoms with Crippen LogP contribution in [0.5, 0.6) is 0 Å². The zero-order chi connectivity index (χ0) is 14.2. The Balaban J connectivity index is 1.72. The second kappa shape index (κ2) is 8.42. The van der Waals surface area contributed by atoms with Crippen LogP contribution in [0.15, 0.2) is 30.3 Å². The summed E-state index contributed by atoms with van der Waals surface area (Å²) in [4.78, 5) is 12.0. The summed E-state index contributed by atoms with van der Waals surface area (Å²) >= 11 is 3.48. The van der Waals surface area contributed by atoms with Crippen LogP contribution >= 0.6 is 15.9 Å². The number of carbonyl (C=O) groups is 1. The van der Waals surface area contributed by atoms with E-state index in [9.17, 15) is 4.79 Å². The average Bonchev–Trinajstić information content (AvgIpc) is 2.99. The van der Waals surface area contributed by atoms with Crippen LogP contribution in [-0.2, 0) is 16.0 Å². The molecule has 0 aliphatic carbocycles. The molecule has 3 nitrogen and oxygen atoms in total. The third-order valence-corrected chi connectivity index (χ3v) is 4.38. The normalized spacial score (nSPS) is 19.8. The Morgan fingerprint density at radius 2 is 2.20 bits per heavy atom. The zero-order valence-corrected chi connectivity index (χ0v) is 13.3. The Labute approximate surface area is 129 Å². The van der Waals surface area contributed by atoms with E-state index in [1.54, 1.807) is 0 Å². The largest absolute Gasteiger partial charge is 0.378 e. The SMILES string of the molecule is O=C(CCC1CCCO1)NC(CBr)Cc1ccccc1. The van der Waals surface area contributed by atoms with E-state index in [0.717, 1.165) is 37.6 Å². The molecule has 1 aliphatic rings. The first-order chi connectivity index (χ1) is 9.78. The molecular formula is C16H22BrNO2. The first-order valence-corrected chi connectivity index (χ1v) is 8.41.